The van der Waals surface area contributed by atoms with E-state index in [9.17, 15) is 0 Å². The summed E-state index contributed by atoms with van der Waals surface area (Å²) < 4.78 is 9.09. The van der Waals surface area contributed by atoms with Crippen LogP contribution in [0.4, 0.5) is 0 Å². The molecule has 5 aromatic heterocycles. The number of rotatable bonds is 3. The van der Waals surface area contributed by atoms with Gasteiger partial charge in [0.15, 0.2) is 0 Å². The van der Waals surface area contributed by atoms with Crippen LogP contribution in [0.15, 0.2) is 164 Å². The van der Waals surface area contributed by atoms with Crippen LogP contribution < -0.4 is 0 Å². The fourth-order valence-corrected chi connectivity index (χ4v) is 8.32. The molecule has 7 nitrogen and oxygen atoms in total. The van der Waals surface area contributed by atoms with E-state index in [-0.39, 0.29) is 0 Å². The molecule has 0 saturated carbocycles. The van der Waals surface area contributed by atoms with E-state index in [0.29, 0.717) is 5.95 Å². The second-order valence-corrected chi connectivity index (χ2v) is 13.4. The third-order valence-corrected chi connectivity index (χ3v) is 10.6. The van der Waals surface area contributed by atoms with Crippen LogP contribution in [-0.4, -0.2) is 32.9 Å². The fraction of sp³-hybridized carbons (Fsp3) is 0. The number of nitrogens with zero attached hydrogens (tertiary/aromatic N) is 7. The summed E-state index contributed by atoms with van der Waals surface area (Å²) in [7, 11) is 0. The Balaban J connectivity index is 1.18. The van der Waals surface area contributed by atoms with Gasteiger partial charge in [-0.2, -0.15) is 0 Å². The number of hydrogen-bond donors (Lipinski definition) is 0. The van der Waals surface area contributed by atoms with Gasteiger partial charge in [-0.05, 0) is 71.4 Å². The van der Waals surface area contributed by atoms with Gasteiger partial charge >= 0.3 is 0 Å². The largest absolute Gasteiger partial charge is 0.293 e. The summed E-state index contributed by atoms with van der Waals surface area (Å²) in [6, 6.07) is 57.6. The zero-order valence-electron chi connectivity index (χ0n) is 27.7. The van der Waals surface area contributed by atoms with Crippen LogP contribution >= 0.6 is 0 Å². The Hall–Kier alpha value is -7.25. The normalized spacial score (nSPS) is 12.2. The molecule has 0 saturated heterocycles. The Bertz CT molecular complexity index is 3420. The molecule has 0 N–H and O–H groups in total. The molecule has 0 fully saturated rings. The van der Waals surface area contributed by atoms with Crippen molar-refractivity contribution in [1.82, 2.24) is 32.9 Å². The third kappa shape index (κ3) is 3.66. The van der Waals surface area contributed by atoms with E-state index >= 15 is 0 Å². The maximum atomic E-state index is 5.43. The van der Waals surface area contributed by atoms with Gasteiger partial charge in [0.25, 0.3) is 0 Å². The summed E-state index contributed by atoms with van der Waals surface area (Å²) in [6.45, 7) is 0. The Morgan fingerprint density at radius 1 is 0.385 bits per heavy atom. The summed E-state index contributed by atoms with van der Waals surface area (Å²) in [5, 5.41) is 4.52. The van der Waals surface area contributed by atoms with Gasteiger partial charge in [0.1, 0.15) is 5.65 Å². The van der Waals surface area contributed by atoms with E-state index in [1.54, 1.807) is 0 Å². The highest BCUT2D eigenvalue weighted by atomic mass is 15.2. The summed E-state index contributed by atoms with van der Waals surface area (Å²) in [5.41, 5.74) is 12.4. The second-order valence-electron chi connectivity index (χ2n) is 13.4. The van der Waals surface area contributed by atoms with Crippen molar-refractivity contribution < 1.29 is 0 Å². The minimum absolute atomic E-state index is 0.630. The first-order valence-electron chi connectivity index (χ1n) is 17.5. The van der Waals surface area contributed by atoms with Crippen molar-refractivity contribution in [2.75, 3.05) is 0 Å². The van der Waals surface area contributed by atoms with Gasteiger partial charge in [-0.1, -0.05) is 103 Å². The van der Waals surface area contributed by atoms with E-state index in [0.717, 1.165) is 88.7 Å². The monoisotopic (exact) mass is 665 g/mol. The van der Waals surface area contributed by atoms with Crippen LogP contribution in [0, 0.1) is 0 Å². The van der Waals surface area contributed by atoms with Crippen molar-refractivity contribution in [2.45, 2.75) is 0 Å². The maximum absolute atomic E-state index is 5.43. The van der Waals surface area contributed by atoms with Gasteiger partial charge in [0, 0.05) is 16.3 Å². The predicted octanol–water partition coefficient (Wildman–Crippen LogP) is 10.5. The SMILES string of the molecule is c1ccc2c(-c3nc(-n4c5ccc(-n6c7ccccc7n7c8ccccc8nc67)cc5n5c6ccccc6cc45)nc4ccccc34)cccc2c1. The first-order chi connectivity index (χ1) is 25.8. The molecule has 7 aromatic carbocycles. The molecule has 0 aliphatic carbocycles. The molecule has 0 amide bonds. The number of imidazole rings is 3. The maximum Gasteiger partial charge on any atom is 0.237 e. The van der Waals surface area contributed by atoms with Crippen LogP contribution in [0.3, 0.4) is 0 Å². The minimum atomic E-state index is 0.630. The molecule has 0 atom stereocenters. The molecule has 0 spiro atoms. The molecule has 12 aromatic rings. The van der Waals surface area contributed by atoms with Crippen LogP contribution in [0.2, 0.25) is 0 Å². The van der Waals surface area contributed by atoms with E-state index in [1.165, 1.54) is 5.39 Å². The molecule has 12 rings (SSSR count). The summed E-state index contributed by atoms with van der Waals surface area (Å²) in [5.74, 6) is 1.51. The standard InChI is InChI=1S/C45H27N7/c1-3-15-31-28(12-1)14-11-17-32(31)43-33-16-4-5-18-34(33)46-44(48-43)52-40-25-24-30(27-41(40)50-36-20-7-2-13-29(36)26-42(50)52)49-38-22-9-10-23-39(38)51-37-21-8-6-19-35(37)47-45(49)51/h1-27H. The number of hydrogen-bond acceptors (Lipinski definition) is 3. The van der Waals surface area contributed by atoms with Gasteiger partial charge < -0.3 is 0 Å². The van der Waals surface area contributed by atoms with Gasteiger partial charge in [-0.15, -0.1) is 0 Å². The van der Waals surface area contributed by atoms with Crippen LogP contribution in [0.5, 0.6) is 0 Å². The molecule has 0 bridgehead atoms. The highest BCUT2D eigenvalue weighted by Crippen LogP contribution is 2.37. The topological polar surface area (TPSA) is 57.3 Å². The Labute approximate surface area is 295 Å². The smallest absolute Gasteiger partial charge is 0.237 e. The number of benzene rings is 7. The molecular formula is C45H27N7. The van der Waals surface area contributed by atoms with E-state index in [2.05, 4.69) is 170 Å². The van der Waals surface area contributed by atoms with Crippen molar-refractivity contribution in [2.24, 2.45) is 0 Å². The van der Waals surface area contributed by atoms with Crippen molar-refractivity contribution in [3.63, 3.8) is 0 Å². The summed E-state index contributed by atoms with van der Waals surface area (Å²) in [4.78, 5) is 15.8. The average Bonchev–Trinajstić information content (AvgIpc) is 3.93. The zero-order chi connectivity index (χ0) is 33.9. The van der Waals surface area contributed by atoms with Gasteiger partial charge in [0.2, 0.25) is 11.7 Å². The Kier molecular flexibility index (Phi) is 5.38. The van der Waals surface area contributed by atoms with Crippen molar-refractivity contribution in [1.29, 1.82) is 0 Å². The summed E-state index contributed by atoms with van der Waals surface area (Å²) >= 11 is 0. The molecule has 0 radical (unpaired) electrons. The molecule has 5 heterocycles. The Morgan fingerprint density at radius 2 is 1.06 bits per heavy atom. The second kappa shape index (κ2) is 10.2. The number of fused-ring (bicyclic) bond motifs is 12. The average molecular weight is 666 g/mol. The van der Waals surface area contributed by atoms with Crippen molar-refractivity contribution in [3.05, 3.63) is 164 Å². The molecule has 7 heteroatoms. The fourth-order valence-electron chi connectivity index (χ4n) is 8.32. The van der Waals surface area contributed by atoms with Gasteiger partial charge in [0.05, 0.1) is 55.5 Å². The molecule has 52 heavy (non-hydrogen) atoms. The predicted molar refractivity (Wildman–Crippen MR) is 211 cm³/mol. The van der Waals surface area contributed by atoms with Crippen LogP contribution in [0.1, 0.15) is 0 Å². The molecule has 242 valence electrons. The minimum Gasteiger partial charge on any atom is -0.293 e. The number of para-hydroxylation sites is 6. The van der Waals surface area contributed by atoms with E-state index in [4.69, 9.17) is 15.0 Å². The summed E-state index contributed by atoms with van der Waals surface area (Å²) in [6.07, 6.45) is 0. The number of aromatic nitrogens is 7. The zero-order valence-corrected chi connectivity index (χ0v) is 27.7. The van der Waals surface area contributed by atoms with Gasteiger partial charge in [-0.25, -0.2) is 15.0 Å². The Morgan fingerprint density at radius 3 is 1.94 bits per heavy atom. The first kappa shape index (κ1) is 27.6. The van der Waals surface area contributed by atoms with Crippen molar-refractivity contribution >= 4 is 77.1 Å². The molecule has 0 aliphatic rings. The van der Waals surface area contributed by atoms with Crippen LogP contribution in [0.25, 0.3) is 100.0 Å². The van der Waals surface area contributed by atoms with E-state index in [1.807, 2.05) is 12.1 Å². The van der Waals surface area contributed by atoms with Gasteiger partial charge in [-0.3, -0.25) is 17.9 Å². The molecule has 0 aliphatic heterocycles. The highest BCUT2D eigenvalue weighted by molar-refractivity contribution is 6.04. The van der Waals surface area contributed by atoms with Crippen molar-refractivity contribution in [3.8, 4) is 22.9 Å². The lowest BCUT2D eigenvalue weighted by atomic mass is 9.99. The lowest BCUT2D eigenvalue weighted by molar-refractivity contribution is 1.00. The molecular weight excluding hydrogens is 639 g/mol. The van der Waals surface area contributed by atoms with E-state index < -0.39 is 0 Å². The van der Waals surface area contributed by atoms with Crippen LogP contribution in [-0.2, 0) is 0 Å². The quantitative estimate of drug-likeness (QED) is 0.189. The first-order valence-corrected chi connectivity index (χ1v) is 17.5. The highest BCUT2D eigenvalue weighted by Gasteiger charge is 2.22. The molecule has 0 unspecified atom stereocenters. The lowest BCUT2D eigenvalue weighted by Crippen LogP contribution is -2.03. The third-order valence-electron chi connectivity index (χ3n) is 10.6. The lowest BCUT2D eigenvalue weighted by Gasteiger charge is -2.13.